The average molecular weight is 639 g/mol. The fraction of sp³-hybridized carbons (Fsp3) is 0.0800. The Bertz CT molecular complexity index is 2710. The molecule has 9 rings (SSSR count). The number of hydrogen-bond acceptors (Lipinski definition) is 0. The monoisotopic (exact) mass is 638 g/mol. The van der Waals surface area contributed by atoms with Crippen molar-refractivity contribution in [2.45, 2.75) is 26.2 Å². The van der Waals surface area contributed by atoms with Crippen LogP contribution in [0.3, 0.4) is 0 Å². The summed E-state index contributed by atoms with van der Waals surface area (Å²) in [6, 6.07) is 65.3. The van der Waals surface area contributed by atoms with Crippen molar-refractivity contribution in [3.63, 3.8) is 0 Å². The van der Waals surface area contributed by atoms with Gasteiger partial charge in [0.1, 0.15) is 0 Å². The van der Waals surface area contributed by atoms with E-state index in [9.17, 15) is 0 Å². The van der Waals surface area contributed by atoms with Crippen LogP contribution in [0.5, 0.6) is 0 Å². The summed E-state index contributed by atoms with van der Waals surface area (Å²) >= 11 is 0. The zero-order valence-electron chi connectivity index (χ0n) is 28.7. The van der Waals surface area contributed by atoms with Gasteiger partial charge in [0.2, 0.25) is 0 Å². The summed E-state index contributed by atoms with van der Waals surface area (Å²) < 4.78 is 0. The molecule has 50 heavy (non-hydrogen) atoms. The van der Waals surface area contributed by atoms with E-state index in [0.29, 0.717) is 0 Å². The third-order valence-corrected chi connectivity index (χ3v) is 10.4. The van der Waals surface area contributed by atoms with E-state index in [0.717, 1.165) is 0 Å². The molecule has 0 aliphatic carbocycles. The second-order valence-corrected chi connectivity index (χ2v) is 14.6. The van der Waals surface area contributed by atoms with Crippen molar-refractivity contribution >= 4 is 43.1 Å². The minimum atomic E-state index is 0.128. The van der Waals surface area contributed by atoms with Crippen molar-refractivity contribution in [2.75, 3.05) is 0 Å². The number of hydrogen-bond donors (Lipinski definition) is 0. The third-order valence-electron chi connectivity index (χ3n) is 10.4. The molecule has 0 heterocycles. The highest BCUT2D eigenvalue weighted by molar-refractivity contribution is 6.16. The van der Waals surface area contributed by atoms with Gasteiger partial charge in [-0.1, -0.05) is 160 Å². The maximum atomic E-state index is 2.43. The third kappa shape index (κ3) is 5.34. The summed E-state index contributed by atoms with van der Waals surface area (Å²) in [5, 5.41) is 10.1. The summed E-state index contributed by atoms with van der Waals surface area (Å²) in [6.45, 7) is 6.81. The molecule has 9 aromatic carbocycles. The standard InChI is InChI=1S/C50H38/c1-50(2,3)43-23-19-34(20-24-43)39-21-25-44-42(28-39)32-48(40-18-17-33-11-7-8-14-36(33)27-40)49-31-41(22-26-45(44)49)47-30-38-16-10-9-15-37(38)29-46(47)35-12-5-4-6-13-35/h4-32H,1-3H3. The molecule has 0 spiro atoms. The molecule has 0 nitrogen and oxygen atoms in total. The fourth-order valence-electron chi connectivity index (χ4n) is 7.60. The van der Waals surface area contributed by atoms with Crippen LogP contribution in [0.4, 0.5) is 0 Å². The van der Waals surface area contributed by atoms with Crippen LogP contribution in [-0.4, -0.2) is 0 Å². The van der Waals surface area contributed by atoms with E-state index in [-0.39, 0.29) is 5.41 Å². The first-order valence-corrected chi connectivity index (χ1v) is 17.6. The van der Waals surface area contributed by atoms with Crippen LogP contribution in [-0.2, 0) is 5.41 Å². The molecule has 0 atom stereocenters. The van der Waals surface area contributed by atoms with E-state index in [1.807, 2.05) is 0 Å². The van der Waals surface area contributed by atoms with Crippen LogP contribution in [0.1, 0.15) is 26.3 Å². The topological polar surface area (TPSA) is 0 Å². The summed E-state index contributed by atoms with van der Waals surface area (Å²) in [7, 11) is 0. The molecule has 0 aliphatic rings. The molecule has 0 saturated heterocycles. The smallest absolute Gasteiger partial charge is 0.00928 e. The fourth-order valence-corrected chi connectivity index (χ4v) is 7.60. The molecule has 0 N–H and O–H groups in total. The Labute approximate surface area is 294 Å². The Kier molecular flexibility index (Phi) is 7.14. The number of benzene rings is 9. The summed E-state index contributed by atoms with van der Waals surface area (Å²) in [5.41, 5.74) is 11.4. The first-order valence-electron chi connectivity index (χ1n) is 17.6. The average Bonchev–Trinajstić information content (AvgIpc) is 3.16. The molecule has 238 valence electrons. The van der Waals surface area contributed by atoms with Gasteiger partial charge in [0.15, 0.2) is 0 Å². The van der Waals surface area contributed by atoms with Crippen molar-refractivity contribution < 1.29 is 0 Å². The Balaban J connectivity index is 1.28. The lowest BCUT2D eigenvalue weighted by Crippen LogP contribution is -2.10. The van der Waals surface area contributed by atoms with Gasteiger partial charge in [-0.15, -0.1) is 0 Å². The predicted octanol–water partition coefficient (Wildman–Crippen LogP) is 14.3. The zero-order valence-corrected chi connectivity index (χ0v) is 28.7. The Morgan fingerprint density at radius 2 is 0.780 bits per heavy atom. The molecule has 0 bridgehead atoms. The summed E-state index contributed by atoms with van der Waals surface area (Å²) in [4.78, 5) is 0. The van der Waals surface area contributed by atoms with E-state index >= 15 is 0 Å². The van der Waals surface area contributed by atoms with Crippen LogP contribution in [0.15, 0.2) is 176 Å². The highest BCUT2D eigenvalue weighted by atomic mass is 14.2. The van der Waals surface area contributed by atoms with Gasteiger partial charge in [-0.3, -0.25) is 0 Å². The molecule has 0 fully saturated rings. The number of rotatable bonds is 4. The lowest BCUT2D eigenvalue weighted by molar-refractivity contribution is 0.590. The normalized spacial score (nSPS) is 11.9. The molecule has 0 amide bonds. The maximum Gasteiger partial charge on any atom is -0.00928 e. The maximum absolute atomic E-state index is 2.43. The van der Waals surface area contributed by atoms with Gasteiger partial charge in [-0.25, -0.2) is 0 Å². The van der Waals surface area contributed by atoms with Crippen LogP contribution in [0.2, 0.25) is 0 Å². The van der Waals surface area contributed by atoms with Crippen LogP contribution in [0.25, 0.3) is 87.6 Å². The first kappa shape index (κ1) is 30.1. The van der Waals surface area contributed by atoms with Gasteiger partial charge >= 0.3 is 0 Å². The van der Waals surface area contributed by atoms with Crippen molar-refractivity contribution in [3.05, 3.63) is 181 Å². The zero-order chi connectivity index (χ0) is 33.8. The van der Waals surface area contributed by atoms with E-state index in [2.05, 4.69) is 197 Å². The molecule has 0 heteroatoms. The molecule has 0 aliphatic heterocycles. The second-order valence-electron chi connectivity index (χ2n) is 14.6. The quantitative estimate of drug-likeness (QED) is 0.168. The van der Waals surface area contributed by atoms with Gasteiger partial charge in [0, 0.05) is 0 Å². The van der Waals surface area contributed by atoms with Crippen molar-refractivity contribution in [3.8, 4) is 44.5 Å². The van der Waals surface area contributed by atoms with Crippen LogP contribution < -0.4 is 0 Å². The number of fused-ring (bicyclic) bond motifs is 5. The molecule has 0 aromatic heterocycles. The first-order chi connectivity index (χ1) is 24.4. The minimum absolute atomic E-state index is 0.128. The van der Waals surface area contributed by atoms with Crippen molar-refractivity contribution in [2.24, 2.45) is 0 Å². The predicted molar refractivity (Wildman–Crippen MR) is 217 cm³/mol. The lowest BCUT2D eigenvalue weighted by Gasteiger charge is -2.19. The minimum Gasteiger partial charge on any atom is -0.0622 e. The van der Waals surface area contributed by atoms with Crippen molar-refractivity contribution in [1.29, 1.82) is 0 Å². The Morgan fingerprint density at radius 3 is 1.48 bits per heavy atom. The molecule has 0 unspecified atom stereocenters. The molecular formula is C50H38. The molecule has 9 aromatic rings. The second kappa shape index (κ2) is 11.9. The highest BCUT2D eigenvalue weighted by Gasteiger charge is 2.16. The summed E-state index contributed by atoms with van der Waals surface area (Å²) in [5.74, 6) is 0. The van der Waals surface area contributed by atoms with Crippen LogP contribution >= 0.6 is 0 Å². The van der Waals surface area contributed by atoms with Gasteiger partial charge in [0.05, 0.1) is 0 Å². The SMILES string of the molecule is CC(C)(C)c1ccc(-c2ccc3c(c2)cc(-c2ccc4ccccc4c2)c2cc(-c4cc5ccccc5cc4-c4ccccc4)ccc23)cc1. The van der Waals surface area contributed by atoms with E-state index in [4.69, 9.17) is 0 Å². The van der Waals surface area contributed by atoms with E-state index in [1.54, 1.807) is 0 Å². The lowest BCUT2D eigenvalue weighted by atomic mass is 9.85. The largest absolute Gasteiger partial charge is 0.0622 e. The van der Waals surface area contributed by atoms with Gasteiger partial charge in [-0.2, -0.15) is 0 Å². The van der Waals surface area contributed by atoms with Gasteiger partial charge in [-0.05, 0) is 135 Å². The highest BCUT2D eigenvalue weighted by Crippen LogP contribution is 2.42. The van der Waals surface area contributed by atoms with E-state index in [1.165, 1.54) is 93.2 Å². The van der Waals surface area contributed by atoms with Gasteiger partial charge < -0.3 is 0 Å². The molecule has 0 radical (unpaired) electrons. The Morgan fingerprint density at radius 1 is 0.280 bits per heavy atom. The van der Waals surface area contributed by atoms with Crippen molar-refractivity contribution in [1.82, 2.24) is 0 Å². The van der Waals surface area contributed by atoms with E-state index < -0.39 is 0 Å². The summed E-state index contributed by atoms with van der Waals surface area (Å²) in [6.07, 6.45) is 0. The molecule has 0 saturated carbocycles. The van der Waals surface area contributed by atoms with Crippen LogP contribution in [0, 0.1) is 0 Å². The Hall–Kier alpha value is -5.98. The van der Waals surface area contributed by atoms with Gasteiger partial charge in [0.25, 0.3) is 0 Å². The molecular weight excluding hydrogens is 601 g/mol.